The van der Waals surface area contributed by atoms with Crippen LogP contribution < -0.4 is 5.32 Å². The molecule has 1 amide bonds. The van der Waals surface area contributed by atoms with E-state index in [1.54, 1.807) is 6.92 Å². The topological polar surface area (TPSA) is 56.8 Å². The van der Waals surface area contributed by atoms with E-state index in [0.29, 0.717) is 26.4 Å². The molecule has 0 saturated heterocycles. The highest BCUT2D eigenvalue weighted by atomic mass is 28.3. The lowest BCUT2D eigenvalue weighted by Crippen LogP contribution is -2.28. The van der Waals surface area contributed by atoms with Crippen LogP contribution in [0.5, 0.6) is 0 Å². The number of rotatable bonds is 9. The van der Waals surface area contributed by atoms with Gasteiger partial charge in [0.25, 0.3) is 0 Å². The number of alkyl carbamates (subject to hydrolysis) is 1. The molecule has 6 heteroatoms. The molecule has 0 bridgehead atoms. The van der Waals surface area contributed by atoms with E-state index in [1.807, 2.05) is 13.8 Å². The van der Waals surface area contributed by atoms with Crippen molar-refractivity contribution < 1.29 is 18.4 Å². The fourth-order valence-corrected chi connectivity index (χ4v) is 2.59. The number of carbonyl (C=O) groups is 1. The molecule has 0 unspecified atom stereocenters. The number of hydrogen-bond acceptors (Lipinski definition) is 4. The van der Waals surface area contributed by atoms with Crippen molar-refractivity contribution >= 4 is 15.4 Å². The van der Waals surface area contributed by atoms with Gasteiger partial charge in [-0.2, -0.15) is 0 Å². The Labute approximate surface area is 99.3 Å². The molecule has 16 heavy (non-hydrogen) atoms. The minimum atomic E-state index is -1.15. The van der Waals surface area contributed by atoms with E-state index in [2.05, 4.69) is 5.32 Å². The Kier molecular flexibility index (Phi) is 10.5. The molecule has 0 aliphatic heterocycles. The number of carbonyl (C=O) groups excluding carboxylic acids is 1. The maximum Gasteiger partial charge on any atom is 0.407 e. The van der Waals surface area contributed by atoms with Gasteiger partial charge in [0.2, 0.25) is 0 Å². The smallest absolute Gasteiger partial charge is 0.407 e. The lowest BCUT2D eigenvalue weighted by atomic mass is 10.5. The average Bonchev–Trinajstić information content (AvgIpc) is 2.25. The van der Waals surface area contributed by atoms with E-state index in [1.165, 1.54) is 0 Å². The molecule has 0 spiro atoms. The summed E-state index contributed by atoms with van der Waals surface area (Å²) in [5, 5.41) is 2.67. The number of amides is 1. The zero-order chi connectivity index (χ0) is 12.2. The predicted molar refractivity (Wildman–Crippen MR) is 63.5 cm³/mol. The number of ether oxygens (including phenoxy) is 1. The number of nitrogens with one attached hydrogen (secondary N) is 1. The van der Waals surface area contributed by atoms with Gasteiger partial charge in [0.15, 0.2) is 0 Å². The van der Waals surface area contributed by atoms with Gasteiger partial charge in [0.05, 0.1) is 6.61 Å². The lowest BCUT2D eigenvalue weighted by molar-refractivity contribution is 0.152. The molecular formula is C10H22NO4Si. The van der Waals surface area contributed by atoms with Crippen molar-refractivity contribution in [2.75, 3.05) is 26.4 Å². The first kappa shape index (κ1) is 15.4. The van der Waals surface area contributed by atoms with Crippen LogP contribution in [0.4, 0.5) is 4.79 Å². The highest BCUT2D eigenvalue weighted by Gasteiger charge is 2.13. The molecule has 0 heterocycles. The molecule has 1 N–H and O–H groups in total. The lowest BCUT2D eigenvalue weighted by Gasteiger charge is -2.12. The van der Waals surface area contributed by atoms with Crippen LogP contribution in [0.3, 0.4) is 0 Å². The minimum absolute atomic E-state index is 0.357. The largest absolute Gasteiger partial charge is 0.450 e. The minimum Gasteiger partial charge on any atom is -0.450 e. The van der Waals surface area contributed by atoms with Crippen molar-refractivity contribution in [1.82, 2.24) is 5.32 Å². The maximum atomic E-state index is 11.0. The summed E-state index contributed by atoms with van der Waals surface area (Å²) < 4.78 is 15.7. The van der Waals surface area contributed by atoms with Crippen molar-refractivity contribution in [3.8, 4) is 0 Å². The standard InChI is InChI=1S/C10H22NO4Si/c1-4-13-10(12)11-8-7-9-16(14-5-2)15-6-3/h4-9H2,1-3H3,(H,11,12). The second-order valence-corrected chi connectivity index (χ2v) is 4.81. The molecule has 0 saturated carbocycles. The second kappa shape index (κ2) is 10.9. The van der Waals surface area contributed by atoms with Gasteiger partial charge < -0.3 is 18.9 Å². The van der Waals surface area contributed by atoms with Crippen molar-refractivity contribution in [1.29, 1.82) is 0 Å². The fraction of sp³-hybridized carbons (Fsp3) is 0.900. The quantitative estimate of drug-likeness (QED) is 0.498. The molecule has 95 valence electrons. The van der Waals surface area contributed by atoms with Crippen molar-refractivity contribution in [3.63, 3.8) is 0 Å². The van der Waals surface area contributed by atoms with Crippen LogP contribution in [0.1, 0.15) is 27.2 Å². The third-order valence-corrected chi connectivity index (χ3v) is 3.70. The summed E-state index contributed by atoms with van der Waals surface area (Å²) >= 11 is 0. The van der Waals surface area contributed by atoms with Crippen LogP contribution >= 0.6 is 0 Å². The van der Waals surface area contributed by atoms with Gasteiger partial charge in [-0.1, -0.05) is 0 Å². The third-order valence-electron chi connectivity index (χ3n) is 1.71. The summed E-state index contributed by atoms with van der Waals surface area (Å²) in [6.07, 6.45) is 0.497. The molecule has 0 atom stereocenters. The predicted octanol–water partition coefficient (Wildman–Crippen LogP) is 1.68. The molecule has 0 aromatic heterocycles. The summed E-state index contributed by atoms with van der Waals surface area (Å²) in [6.45, 7) is 8.07. The van der Waals surface area contributed by atoms with Gasteiger partial charge in [-0.25, -0.2) is 4.79 Å². The van der Waals surface area contributed by atoms with Gasteiger partial charge in [-0.3, -0.25) is 0 Å². The summed E-state index contributed by atoms with van der Waals surface area (Å²) in [5.41, 5.74) is 0. The normalized spacial score (nSPS) is 10.5. The first-order valence-electron chi connectivity index (χ1n) is 5.76. The first-order chi connectivity index (χ1) is 7.74. The SMILES string of the molecule is CCOC(=O)NCCC[Si](OCC)OCC. The van der Waals surface area contributed by atoms with E-state index in [-0.39, 0.29) is 6.09 Å². The zero-order valence-electron chi connectivity index (χ0n) is 10.4. The fourth-order valence-electron chi connectivity index (χ4n) is 1.11. The van der Waals surface area contributed by atoms with E-state index < -0.39 is 9.28 Å². The Balaban J connectivity index is 3.49. The molecule has 0 fully saturated rings. The van der Waals surface area contributed by atoms with E-state index in [4.69, 9.17) is 13.6 Å². The molecule has 0 aromatic rings. The van der Waals surface area contributed by atoms with Crippen LogP contribution in [0.2, 0.25) is 6.04 Å². The summed E-state index contributed by atoms with van der Waals surface area (Å²) in [4.78, 5) is 11.0. The highest BCUT2D eigenvalue weighted by Crippen LogP contribution is 2.00. The summed E-state index contributed by atoms with van der Waals surface area (Å²) in [7, 11) is -1.15. The Morgan fingerprint density at radius 2 is 1.75 bits per heavy atom. The van der Waals surface area contributed by atoms with Crippen molar-refractivity contribution in [2.45, 2.75) is 33.2 Å². The molecule has 0 aliphatic rings. The molecule has 1 radical (unpaired) electrons. The highest BCUT2D eigenvalue weighted by molar-refractivity contribution is 6.44. The maximum absolute atomic E-state index is 11.0. The van der Waals surface area contributed by atoms with Crippen LogP contribution in [0.25, 0.3) is 0 Å². The molecule has 0 aliphatic carbocycles. The van der Waals surface area contributed by atoms with Gasteiger partial charge in [-0.15, -0.1) is 0 Å². The van der Waals surface area contributed by atoms with Crippen LogP contribution in [0, 0.1) is 0 Å². The Hall–Kier alpha value is -0.593. The summed E-state index contributed by atoms with van der Waals surface area (Å²) in [5.74, 6) is 0. The molecule has 5 nitrogen and oxygen atoms in total. The Bertz CT molecular complexity index is 174. The van der Waals surface area contributed by atoms with Crippen LogP contribution in [0.15, 0.2) is 0 Å². The summed E-state index contributed by atoms with van der Waals surface area (Å²) in [6, 6.07) is 0.874. The van der Waals surface area contributed by atoms with Crippen LogP contribution in [-0.4, -0.2) is 41.7 Å². The average molecular weight is 248 g/mol. The Morgan fingerprint density at radius 3 is 2.25 bits per heavy atom. The molecule has 0 rings (SSSR count). The Morgan fingerprint density at radius 1 is 1.12 bits per heavy atom. The van der Waals surface area contributed by atoms with E-state index in [0.717, 1.165) is 12.5 Å². The number of hydrogen-bond donors (Lipinski definition) is 1. The van der Waals surface area contributed by atoms with E-state index in [9.17, 15) is 4.79 Å². The third kappa shape index (κ3) is 8.69. The van der Waals surface area contributed by atoms with Crippen LogP contribution in [-0.2, 0) is 13.6 Å². The monoisotopic (exact) mass is 248 g/mol. The molecule has 0 aromatic carbocycles. The second-order valence-electron chi connectivity index (χ2n) is 2.99. The van der Waals surface area contributed by atoms with Gasteiger partial charge in [-0.05, 0) is 33.2 Å². The van der Waals surface area contributed by atoms with Crippen molar-refractivity contribution in [2.24, 2.45) is 0 Å². The van der Waals surface area contributed by atoms with Gasteiger partial charge in [0.1, 0.15) is 0 Å². The van der Waals surface area contributed by atoms with Gasteiger partial charge in [0, 0.05) is 19.8 Å². The van der Waals surface area contributed by atoms with Crippen molar-refractivity contribution in [3.05, 3.63) is 0 Å². The zero-order valence-corrected chi connectivity index (χ0v) is 11.4. The molecular weight excluding hydrogens is 226 g/mol. The van der Waals surface area contributed by atoms with E-state index >= 15 is 0 Å². The first-order valence-corrected chi connectivity index (χ1v) is 7.28. The van der Waals surface area contributed by atoms with Gasteiger partial charge >= 0.3 is 15.4 Å².